The molecule has 0 radical (unpaired) electrons. The van der Waals surface area contributed by atoms with Crippen LogP contribution in [-0.4, -0.2) is 33.7 Å². The van der Waals surface area contributed by atoms with E-state index in [1.165, 1.54) is 5.69 Å². The Hall–Kier alpha value is -2.61. The Morgan fingerprint density at radius 2 is 1.92 bits per heavy atom. The molecule has 0 N–H and O–H groups in total. The minimum Gasteiger partial charge on any atom is -0.339 e. The zero-order valence-electron chi connectivity index (χ0n) is 14.2. The van der Waals surface area contributed by atoms with Gasteiger partial charge in [0, 0.05) is 30.9 Å². The van der Waals surface area contributed by atoms with Crippen LogP contribution in [0.25, 0.3) is 0 Å². The van der Waals surface area contributed by atoms with Crippen LogP contribution >= 0.6 is 0 Å². The first kappa shape index (κ1) is 16.3. The van der Waals surface area contributed by atoms with Crippen molar-refractivity contribution in [1.29, 1.82) is 5.26 Å². The fraction of sp³-hybridized carbons (Fsp3) is 0.421. The first-order valence-corrected chi connectivity index (χ1v) is 8.37. The van der Waals surface area contributed by atoms with E-state index in [-0.39, 0.29) is 5.91 Å². The summed E-state index contributed by atoms with van der Waals surface area (Å²) in [6.45, 7) is 6.59. The van der Waals surface area contributed by atoms with Crippen molar-refractivity contribution in [3.63, 3.8) is 0 Å². The average molecular weight is 322 g/mol. The molecule has 124 valence electrons. The molecule has 1 aliphatic rings. The van der Waals surface area contributed by atoms with Crippen molar-refractivity contribution in [2.45, 2.75) is 33.2 Å². The Morgan fingerprint density at radius 1 is 1.25 bits per heavy atom. The summed E-state index contributed by atoms with van der Waals surface area (Å²) in [5.74, 6) is 0.622. The average Bonchev–Trinajstić information content (AvgIpc) is 2.92. The highest BCUT2D eigenvalue weighted by Crippen LogP contribution is 2.21. The molecule has 24 heavy (non-hydrogen) atoms. The number of carbonyl (C=O) groups is 1. The predicted molar refractivity (Wildman–Crippen MR) is 91.5 cm³/mol. The predicted octanol–water partition coefficient (Wildman–Crippen LogP) is 2.92. The largest absolute Gasteiger partial charge is 0.339 e. The summed E-state index contributed by atoms with van der Waals surface area (Å²) >= 11 is 0. The molecule has 1 fully saturated rings. The summed E-state index contributed by atoms with van der Waals surface area (Å²) in [7, 11) is 0. The second-order valence-corrected chi connectivity index (χ2v) is 6.53. The van der Waals surface area contributed by atoms with Crippen molar-refractivity contribution in [2.24, 2.45) is 5.92 Å². The fourth-order valence-corrected chi connectivity index (χ4v) is 3.29. The molecular weight excluding hydrogens is 300 g/mol. The highest BCUT2D eigenvalue weighted by molar-refractivity contribution is 5.94. The molecule has 0 spiro atoms. The third-order valence-electron chi connectivity index (χ3n) is 4.70. The minimum absolute atomic E-state index is 0.0593. The zero-order chi connectivity index (χ0) is 17.1. The molecular formula is C19H22N4O. The molecule has 0 atom stereocenters. The molecule has 1 amide bonds. The SMILES string of the molecule is Cc1cc(C)n(CC2CCN(C(=O)c3ccc(C#N)cc3)CC2)n1. The van der Waals surface area contributed by atoms with E-state index in [1.54, 1.807) is 24.3 Å². The Bertz CT molecular complexity index is 762. The molecule has 1 aliphatic heterocycles. The maximum absolute atomic E-state index is 12.5. The molecule has 0 saturated carbocycles. The second-order valence-electron chi connectivity index (χ2n) is 6.53. The van der Waals surface area contributed by atoms with E-state index in [9.17, 15) is 4.79 Å². The van der Waals surface area contributed by atoms with Crippen molar-refractivity contribution < 1.29 is 4.79 Å². The molecule has 1 aromatic carbocycles. The fourth-order valence-electron chi connectivity index (χ4n) is 3.29. The molecule has 1 aromatic heterocycles. The van der Waals surface area contributed by atoms with Gasteiger partial charge >= 0.3 is 0 Å². The van der Waals surface area contributed by atoms with Gasteiger partial charge in [0.15, 0.2) is 0 Å². The van der Waals surface area contributed by atoms with Crippen molar-refractivity contribution in [3.05, 3.63) is 52.8 Å². The lowest BCUT2D eigenvalue weighted by molar-refractivity contribution is 0.0681. The van der Waals surface area contributed by atoms with Crippen LogP contribution in [0.1, 0.15) is 40.2 Å². The van der Waals surface area contributed by atoms with Crippen LogP contribution in [0.4, 0.5) is 0 Å². The molecule has 5 nitrogen and oxygen atoms in total. The van der Waals surface area contributed by atoms with Crippen LogP contribution in [0.15, 0.2) is 30.3 Å². The highest BCUT2D eigenvalue weighted by atomic mass is 16.2. The molecule has 0 bridgehead atoms. The van der Waals surface area contributed by atoms with Gasteiger partial charge in [0.05, 0.1) is 17.3 Å². The Balaban J connectivity index is 1.57. The van der Waals surface area contributed by atoms with Crippen LogP contribution in [0.2, 0.25) is 0 Å². The summed E-state index contributed by atoms with van der Waals surface area (Å²) in [6.07, 6.45) is 2.00. The van der Waals surface area contributed by atoms with Crippen molar-refractivity contribution in [2.75, 3.05) is 13.1 Å². The number of aryl methyl sites for hydroxylation is 2. The molecule has 0 unspecified atom stereocenters. The third-order valence-corrected chi connectivity index (χ3v) is 4.70. The van der Waals surface area contributed by atoms with Gasteiger partial charge < -0.3 is 4.90 Å². The van der Waals surface area contributed by atoms with Gasteiger partial charge in [-0.15, -0.1) is 0 Å². The van der Waals surface area contributed by atoms with Gasteiger partial charge in [-0.05, 0) is 62.9 Å². The van der Waals surface area contributed by atoms with Gasteiger partial charge in [0.25, 0.3) is 5.91 Å². The number of carbonyl (C=O) groups excluding carboxylic acids is 1. The lowest BCUT2D eigenvalue weighted by Crippen LogP contribution is -2.39. The standard InChI is InChI=1S/C19H22N4O/c1-14-11-15(2)23(21-14)13-17-7-9-22(10-8-17)19(24)18-5-3-16(12-20)4-6-18/h3-6,11,17H,7-10,13H2,1-2H3. The Kier molecular flexibility index (Phi) is 4.66. The van der Waals surface area contributed by atoms with Gasteiger partial charge in [0.2, 0.25) is 0 Å². The number of aromatic nitrogens is 2. The van der Waals surface area contributed by atoms with Crippen LogP contribution in [0.3, 0.4) is 0 Å². The monoisotopic (exact) mass is 322 g/mol. The lowest BCUT2D eigenvalue weighted by atomic mass is 9.96. The zero-order valence-corrected chi connectivity index (χ0v) is 14.2. The molecule has 0 aliphatic carbocycles. The molecule has 1 saturated heterocycles. The quantitative estimate of drug-likeness (QED) is 0.873. The minimum atomic E-state index is 0.0593. The van der Waals surface area contributed by atoms with E-state index >= 15 is 0 Å². The maximum atomic E-state index is 12.5. The molecule has 3 rings (SSSR count). The van der Waals surface area contributed by atoms with E-state index in [0.717, 1.165) is 38.2 Å². The van der Waals surface area contributed by atoms with E-state index in [0.29, 0.717) is 17.0 Å². The van der Waals surface area contributed by atoms with E-state index < -0.39 is 0 Å². The first-order valence-electron chi connectivity index (χ1n) is 8.37. The molecule has 5 heteroatoms. The number of amides is 1. The summed E-state index contributed by atoms with van der Waals surface area (Å²) in [4.78, 5) is 14.5. The summed E-state index contributed by atoms with van der Waals surface area (Å²) in [5, 5.41) is 13.4. The van der Waals surface area contributed by atoms with Gasteiger partial charge in [-0.1, -0.05) is 0 Å². The van der Waals surface area contributed by atoms with E-state index in [4.69, 9.17) is 5.26 Å². The lowest BCUT2D eigenvalue weighted by Gasteiger charge is -2.32. The third kappa shape index (κ3) is 3.48. The number of piperidine rings is 1. The van der Waals surface area contributed by atoms with Crippen LogP contribution < -0.4 is 0 Å². The summed E-state index contributed by atoms with van der Waals surface area (Å²) in [5.41, 5.74) is 3.49. The Morgan fingerprint density at radius 3 is 2.46 bits per heavy atom. The second kappa shape index (κ2) is 6.88. The maximum Gasteiger partial charge on any atom is 0.253 e. The van der Waals surface area contributed by atoms with E-state index in [1.807, 2.05) is 11.8 Å². The number of hydrogen-bond acceptors (Lipinski definition) is 3. The van der Waals surface area contributed by atoms with Gasteiger partial charge in [-0.3, -0.25) is 9.48 Å². The summed E-state index contributed by atoms with van der Waals surface area (Å²) in [6, 6.07) is 11.0. The van der Waals surface area contributed by atoms with Gasteiger partial charge in [-0.2, -0.15) is 10.4 Å². The molecule has 2 aromatic rings. The number of benzene rings is 1. The van der Waals surface area contributed by atoms with Crippen molar-refractivity contribution >= 4 is 5.91 Å². The van der Waals surface area contributed by atoms with Gasteiger partial charge in [0.1, 0.15) is 0 Å². The first-order chi connectivity index (χ1) is 11.6. The summed E-state index contributed by atoms with van der Waals surface area (Å²) < 4.78 is 2.08. The topological polar surface area (TPSA) is 61.9 Å². The normalized spacial score (nSPS) is 15.3. The van der Waals surface area contributed by atoms with E-state index in [2.05, 4.69) is 28.8 Å². The van der Waals surface area contributed by atoms with Crippen molar-refractivity contribution in [3.8, 4) is 6.07 Å². The van der Waals surface area contributed by atoms with Crippen LogP contribution in [-0.2, 0) is 6.54 Å². The highest BCUT2D eigenvalue weighted by Gasteiger charge is 2.24. The van der Waals surface area contributed by atoms with Crippen molar-refractivity contribution in [1.82, 2.24) is 14.7 Å². The van der Waals surface area contributed by atoms with Gasteiger partial charge in [-0.25, -0.2) is 0 Å². The number of hydrogen-bond donors (Lipinski definition) is 0. The number of nitrogens with zero attached hydrogens (tertiary/aromatic N) is 4. The number of nitriles is 1. The molecule has 2 heterocycles. The number of likely N-dealkylation sites (tertiary alicyclic amines) is 1. The Labute approximate surface area is 142 Å². The smallest absolute Gasteiger partial charge is 0.253 e. The van der Waals surface area contributed by atoms with Crippen LogP contribution in [0.5, 0.6) is 0 Å². The number of rotatable bonds is 3. The van der Waals surface area contributed by atoms with Crippen LogP contribution in [0, 0.1) is 31.1 Å².